The molecule has 0 aliphatic carbocycles. The van der Waals surface area contributed by atoms with Crippen LogP contribution >= 0.6 is 0 Å². The lowest BCUT2D eigenvalue weighted by molar-refractivity contribution is 0.669. The Kier molecular flexibility index (Phi) is 7.85. The number of para-hydroxylation sites is 2. The van der Waals surface area contributed by atoms with E-state index in [-0.39, 0.29) is 0 Å². The van der Waals surface area contributed by atoms with Crippen LogP contribution in [0.5, 0.6) is 0 Å². The monoisotopic (exact) mass is 689 g/mol. The fourth-order valence-electron chi connectivity index (χ4n) is 7.98. The molecule has 54 heavy (non-hydrogen) atoms. The number of rotatable bonds is 7. The normalized spacial score (nSPS) is 11.3. The minimum Gasteiger partial charge on any atom is -0.456 e. The Morgan fingerprint density at radius 2 is 0.815 bits per heavy atom. The molecule has 0 radical (unpaired) electrons. The first kappa shape index (κ1) is 31.6. The quantitative estimate of drug-likeness (QED) is 0.166. The molecule has 0 saturated carbocycles. The molecule has 9 aromatic carbocycles. The summed E-state index contributed by atoms with van der Waals surface area (Å²) < 4.78 is 6.35. The molecule has 0 unspecified atom stereocenters. The average molecular weight is 690 g/mol. The summed E-state index contributed by atoms with van der Waals surface area (Å²) in [6.45, 7) is 0. The van der Waals surface area contributed by atoms with Gasteiger partial charge >= 0.3 is 0 Å². The van der Waals surface area contributed by atoms with Gasteiger partial charge in [0.1, 0.15) is 11.2 Å². The van der Waals surface area contributed by atoms with Gasteiger partial charge in [0.05, 0.1) is 5.69 Å². The molecule has 2 heteroatoms. The highest BCUT2D eigenvalue weighted by Crippen LogP contribution is 2.45. The summed E-state index contributed by atoms with van der Waals surface area (Å²) in [6, 6.07) is 75.9. The molecule has 0 bridgehead atoms. The molecule has 10 rings (SSSR count). The van der Waals surface area contributed by atoms with Gasteiger partial charge in [-0.1, -0.05) is 170 Å². The van der Waals surface area contributed by atoms with Crippen LogP contribution in [-0.2, 0) is 0 Å². The summed E-state index contributed by atoms with van der Waals surface area (Å²) in [5.41, 5.74) is 14.5. The van der Waals surface area contributed by atoms with Crippen molar-refractivity contribution in [3.05, 3.63) is 212 Å². The number of hydrogen-bond donors (Lipinski definition) is 0. The molecule has 1 aromatic heterocycles. The molecule has 0 N–H and O–H groups in total. The molecule has 254 valence electrons. The predicted molar refractivity (Wildman–Crippen MR) is 228 cm³/mol. The predicted octanol–water partition coefficient (Wildman–Crippen LogP) is 14.9. The zero-order chi connectivity index (χ0) is 35.8. The summed E-state index contributed by atoms with van der Waals surface area (Å²) >= 11 is 0. The van der Waals surface area contributed by atoms with Gasteiger partial charge in [0.15, 0.2) is 0 Å². The highest BCUT2D eigenvalue weighted by atomic mass is 16.3. The Balaban J connectivity index is 1.13. The van der Waals surface area contributed by atoms with Crippen molar-refractivity contribution >= 4 is 49.8 Å². The Bertz CT molecular complexity index is 2920. The Labute approximate surface area is 314 Å². The van der Waals surface area contributed by atoms with Crippen LogP contribution in [0.2, 0.25) is 0 Å². The SMILES string of the molecule is c1ccc(-c2ccc(N(c3ccc(-c4ccccc4-c4cccc5ccccc45)cc3)c3ccccc3-c3cccc4oc5ccccc5c34)cc2)cc1. The van der Waals surface area contributed by atoms with Crippen LogP contribution in [0.25, 0.3) is 77.2 Å². The second-order valence-electron chi connectivity index (χ2n) is 13.7. The second-order valence-corrected chi connectivity index (χ2v) is 13.7. The summed E-state index contributed by atoms with van der Waals surface area (Å²) in [4.78, 5) is 2.38. The van der Waals surface area contributed by atoms with Gasteiger partial charge in [-0.15, -0.1) is 0 Å². The zero-order valence-corrected chi connectivity index (χ0v) is 29.6. The molecule has 10 aromatic rings. The Hall–Kier alpha value is -7.16. The lowest BCUT2D eigenvalue weighted by atomic mass is 9.91. The molecule has 1 heterocycles. The van der Waals surface area contributed by atoms with Gasteiger partial charge in [0.2, 0.25) is 0 Å². The third-order valence-corrected chi connectivity index (χ3v) is 10.5. The number of furan rings is 1. The van der Waals surface area contributed by atoms with E-state index in [0.29, 0.717) is 0 Å². The number of hydrogen-bond acceptors (Lipinski definition) is 2. The van der Waals surface area contributed by atoms with Gasteiger partial charge < -0.3 is 9.32 Å². The number of fused-ring (bicyclic) bond motifs is 4. The average Bonchev–Trinajstić information content (AvgIpc) is 3.64. The van der Waals surface area contributed by atoms with Crippen molar-refractivity contribution in [1.29, 1.82) is 0 Å². The van der Waals surface area contributed by atoms with E-state index < -0.39 is 0 Å². The van der Waals surface area contributed by atoms with E-state index in [1.807, 2.05) is 12.1 Å². The molecular weight excluding hydrogens is 655 g/mol. The minimum atomic E-state index is 0.886. The van der Waals surface area contributed by atoms with Crippen molar-refractivity contribution in [3.8, 4) is 44.5 Å². The van der Waals surface area contributed by atoms with Crippen LogP contribution < -0.4 is 4.90 Å². The van der Waals surface area contributed by atoms with E-state index >= 15 is 0 Å². The van der Waals surface area contributed by atoms with Crippen LogP contribution in [0, 0.1) is 0 Å². The molecule has 0 aliphatic heterocycles. The van der Waals surface area contributed by atoms with E-state index in [9.17, 15) is 0 Å². The maximum atomic E-state index is 6.35. The van der Waals surface area contributed by atoms with Crippen molar-refractivity contribution in [1.82, 2.24) is 0 Å². The van der Waals surface area contributed by atoms with Crippen molar-refractivity contribution in [2.45, 2.75) is 0 Å². The summed E-state index contributed by atoms with van der Waals surface area (Å²) in [6.07, 6.45) is 0. The van der Waals surface area contributed by atoms with Crippen molar-refractivity contribution in [2.75, 3.05) is 4.90 Å². The van der Waals surface area contributed by atoms with Gasteiger partial charge in [-0.05, 0) is 92.2 Å². The maximum Gasteiger partial charge on any atom is 0.136 e. The van der Waals surface area contributed by atoms with Crippen molar-refractivity contribution in [2.24, 2.45) is 0 Å². The van der Waals surface area contributed by atoms with Gasteiger partial charge in [0, 0.05) is 27.7 Å². The van der Waals surface area contributed by atoms with Gasteiger partial charge in [-0.2, -0.15) is 0 Å². The van der Waals surface area contributed by atoms with Gasteiger partial charge in [0.25, 0.3) is 0 Å². The lowest BCUT2D eigenvalue weighted by Gasteiger charge is -2.28. The van der Waals surface area contributed by atoms with E-state index in [1.165, 1.54) is 44.2 Å². The van der Waals surface area contributed by atoms with Crippen molar-refractivity contribution < 1.29 is 4.42 Å². The molecule has 0 atom stereocenters. The molecule has 2 nitrogen and oxygen atoms in total. The van der Waals surface area contributed by atoms with Gasteiger partial charge in [-0.25, -0.2) is 0 Å². The molecule has 0 spiro atoms. The van der Waals surface area contributed by atoms with E-state index in [4.69, 9.17) is 4.42 Å². The van der Waals surface area contributed by atoms with Crippen LogP contribution in [0.1, 0.15) is 0 Å². The highest BCUT2D eigenvalue weighted by Gasteiger charge is 2.21. The smallest absolute Gasteiger partial charge is 0.136 e. The molecule has 0 aliphatic rings. The van der Waals surface area contributed by atoms with Crippen molar-refractivity contribution in [3.63, 3.8) is 0 Å². The highest BCUT2D eigenvalue weighted by molar-refractivity contribution is 6.14. The summed E-state index contributed by atoms with van der Waals surface area (Å²) in [7, 11) is 0. The Morgan fingerprint density at radius 3 is 1.61 bits per heavy atom. The third kappa shape index (κ3) is 5.53. The third-order valence-electron chi connectivity index (χ3n) is 10.5. The van der Waals surface area contributed by atoms with E-state index in [2.05, 4.69) is 205 Å². The Morgan fingerprint density at radius 1 is 0.296 bits per heavy atom. The first-order valence-electron chi connectivity index (χ1n) is 18.4. The molecule has 0 fully saturated rings. The lowest BCUT2D eigenvalue weighted by Crippen LogP contribution is -2.11. The topological polar surface area (TPSA) is 16.4 Å². The molecule has 0 amide bonds. The first-order valence-corrected chi connectivity index (χ1v) is 18.4. The fourth-order valence-corrected chi connectivity index (χ4v) is 7.98. The van der Waals surface area contributed by atoms with Crippen LogP contribution in [0.4, 0.5) is 17.1 Å². The zero-order valence-electron chi connectivity index (χ0n) is 29.6. The number of benzene rings is 9. The minimum absolute atomic E-state index is 0.886. The maximum absolute atomic E-state index is 6.35. The second kappa shape index (κ2) is 13.4. The van der Waals surface area contributed by atoms with Gasteiger partial charge in [-0.3, -0.25) is 0 Å². The van der Waals surface area contributed by atoms with E-state index in [0.717, 1.165) is 50.1 Å². The molecular formula is C52H35NO. The van der Waals surface area contributed by atoms with Crippen LogP contribution in [-0.4, -0.2) is 0 Å². The summed E-state index contributed by atoms with van der Waals surface area (Å²) in [5.74, 6) is 0. The van der Waals surface area contributed by atoms with Crippen LogP contribution in [0.3, 0.4) is 0 Å². The fraction of sp³-hybridized carbons (Fsp3) is 0. The largest absolute Gasteiger partial charge is 0.456 e. The van der Waals surface area contributed by atoms with E-state index in [1.54, 1.807) is 0 Å². The summed E-state index contributed by atoms with van der Waals surface area (Å²) in [5, 5.41) is 4.74. The standard InChI is InChI=1S/C52H35NO/c1-2-14-36(15-3-1)37-28-32-40(33-29-37)53(49-25-10-8-21-46(49)47-24-13-27-51-52(47)48-22-9-11-26-50(48)54-51)41-34-30-39(31-35-41)43-19-6-7-20-44(43)45-23-12-17-38-16-4-5-18-42(38)45/h1-35H. The number of anilines is 3. The first-order chi connectivity index (χ1) is 26.8. The number of nitrogens with zero attached hydrogens (tertiary/aromatic N) is 1. The van der Waals surface area contributed by atoms with Crippen LogP contribution in [0.15, 0.2) is 217 Å². The molecule has 0 saturated heterocycles.